The summed E-state index contributed by atoms with van der Waals surface area (Å²) in [6.45, 7) is 4.29. The molecule has 0 bridgehead atoms. The third-order valence-electron chi connectivity index (χ3n) is 4.97. The first kappa shape index (κ1) is 23.1. The summed E-state index contributed by atoms with van der Waals surface area (Å²) < 4.78 is 21.8. The molecule has 11 heteroatoms. The third kappa shape index (κ3) is 4.87. The van der Waals surface area contributed by atoms with E-state index in [-0.39, 0.29) is 6.54 Å². The Morgan fingerprint density at radius 1 is 1.07 bits per heavy atom. The highest BCUT2D eigenvalue weighted by Gasteiger charge is 2.50. The van der Waals surface area contributed by atoms with Gasteiger partial charge in [-0.1, -0.05) is 6.58 Å². The van der Waals surface area contributed by atoms with Crippen LogP contribution in [0.25, 0.3) is 0 Å². The lowest BCUT2D eigenvalue weighted by Crippen LogP contribution is -2.65. The molecule has 1 amide bonds. The topological polar surface area (TPSA) is 167 Å². The van der Waals surface area contributed by atoms with E-state index in [1.165, 1.54) is 14.0 Å². The van der Waals surface area contributed by atoms with Crippen molar-refractivity contribution in [3.05, 3.63) is 12.7 Å². The molecule has 10 unspecified atom stereocenters. The molecule has 11 nitrogen and oxygen atoms in total. The molecule has 2 aliphatic heterocycles. The van der Waals surface area contributed by atoms with Crippen LogP contribution in [0.1, 0.15) is 6.92 Å². The number of hydrogen-bond acceptors (Lipinski definition) is 10. The lowest BCUT2D eigenvalue weighted by Gasteiger charge is -2.46. The first-order valence-electron chi connectivity index (χ1n) is 8.97. The summed E-state index contributed by atoms with van der Waals surface area (Å²) in [4.78, 5) is 11.4. The summed E-state index contributed by atoms with van der Waals surface area (Å²) in [6.07, 6.45) is -10.9. The molecular formula is C17H29NO10. The minimum atomic E-state index is -1.56. The van der Waals surface area contributed by atoms with E-state index in [0.717, 1.165) is 6.08 Å². The van der Waals surface area contributed by atoms with Gasteiger partial charge in [-0.15, -0.1) is 0 Å². The van der Waals surface area contributed by atoms with E-state index in [2.05, 4.69) is 11.9 Å². The number of hydrogen-bond donors (Lipinski definition) is 6. The molecule has 0 aliphatic carbocycles. The number of aliphatic hydroxyl groups excluding tert-OH is 5. The van der Waals surface area contributed by atoms with Crippen molar-refractivity contribution in [1.82, 2.24) is 5.32 Å². The van der Waals surface area contributed by atoms with Crippen molar-refractivity contribution in [1.29, 1.82) is 0 Å². The van der Waals surface area contributed by atoms with Gasteiger partial charge in [0.2, 0.25) is 5.91 Å². The highest BCUT2D eigenvalue weighted by atomic mass is 16.7. The van der Waals surface area contributed by atoms with E-state index in [1.54, 1.807) is 0 Å². The first-order valence-corrected chi connectivity index (χ1v) is 8.97. The maximum absolute atomic E-state index is 11.4. The minimum absolute atomic E-state index is 0.0696. The van der Waals surface area contributed by atoms with Gasteiger partial charge < -0.3 is 49.8 Å². The fourth-order valence-corrected chi connectivity index (χ4v) is 3.34. The van der Waals surface area contributed by atoms with Crippen LogP contribution in [0.2, 0.25) is 0 Å². The molecular weight excluding hydrogens is 378 g/mol. The van der Waals surface area contributed by atoms with Gasteiger partial charge in [0.05, 0.1) is 12.7 Å². The van der Waals surface area contributed by atoms with E-state index in [4.69, 9.17) is 18.9 Å². The van der Waals surface area contributed by atoms with E-state index in [0.29, 0.717) is 0 Å². The summed E-state index contributed by atoms with van der Waals surface area (Å²) in [5, 5.41) is 53.0. The number of carbonyl (C=O) groups excluding carboxylic acids is 1. The predicted octanol–water partition coefficient (Wildman–Crippen LogP) is -3.36. The van der Waals surface area contributed by atoms with Gasteiger partial charge in [0.25, 0.3) is 0 Å². The number of carbonyl (C=O) groups is 1. The monoisotopic (exact) mass is 407 g/mol. The molecule has 2 heterocycles. The molecule has 2 aliphatic rings. The molecule has 2 fully saturated rings. The summed E-state index contributed by atoms with van der Waals surface area (Å²) in [6, 6.07) is 0. The van der Waals surface area contributed by atoms with Crippen LogP contribution >= 0.6 is 0 Å². The number of rotatable bonds is 7. The van der Waals surface area contributed by atoms with Crippen molar-refractivity contribution < 1.29 is 49.3 Å². The van der Waals surface area contributed by atoms with E-state index in [9.17, 15) is 30.3 Å². The molecule has 0 radical (unpaired) electrons. The second kappa shape index (κ2) is 10.1. The Balaban J connectivity index is 2.13. The van der Waals surface area contributed by atoms with Gasteiger partial charge in [0, 0.05) is 13.7 Å². The van der Waals surface area contributed by atoms with Crippen LogP contribution in [-0.4, -0.2) is 113 Å². The third-order valence-corrected chi connectivity index (χ3v) is 4.97. The first-order chi connectivity index (χ1) is 13.2. The van der Waals surface area contributed by atoms with Crippen LogP contribution in [0.3, 0.4) is 0 Å². The van der Waals surface area contributed by atoms with Crippen LogP contribution in [0.5, 0.6) is 0 Å². The number of ether oxygens (including phenoxy) is 4. The van der Waals surface area contributed by atoms with Crippen LogP contribution in [0.4, 0.5) is 0 Å². The summed E-state index contributed by atoms with van der Waals surface area (Å²) in [5.74, 6) is -0.468. The maximum atomic E-state index is 11.4. The predicted molar refractivity (Wildman–Crippen MR) is 93.0 cm³/mol. The summed E-state index contributed by atoms with van der Waals surface area (Å²) >= 11 is 0. The van der Waals surface area contributed by atoms with Crippen molar-refractivity contribution in [3.8, 4) is 0 Å². The quantitative estimate of drug-likeness (QED) is 0.235. The van der Waals surface area contributed by atoms with Gasteiger partial charge in [0.15, 0.2) is 6.29 Å². The molecule has 0 saturated carbocycles. The lowest BCUT2D eigenvalue weighted by atomic mass is 9.95. The Hall–Kier alpha value is -1.15. The minimum Gasteiger partial charge on any atom is -0.394 e. The summed E-state index contributed by atoms with van der Waals surface area (Å²) in [7, 11) is 1.31. The fourth-order valence-electron chi connectivity index (χ4n) is 3.34. The van der Waals surface area contributed by atoms with Crippen molar-refractivity contribution in [3.63, 3.8) is 0 Å². The zero-order chi connectivity index (χ0) is 21.0. The molecule has 10 atom stereocenters. The number of aliphatic hydroxyl groups is 5. The van der Waals surface area contributed by atoms with Gasteiger partial charge in [-0.3, -0.25) is 4.79 Å². The van der Waals surface area contributed by atoms with Gasteiger partial charge in [0.1, 0.15) is 48.8 Å². The van der Waals surface area contributed by atoms with Crippen LogP contribution in [-0.2, 0) is 23.7 Å². The average molecular weight is 407 g/mol. The average Bonchev–Trinajstić information content (AvgIpc) is 2.69. The molecule has 6 N–H and O–H groups in total. The smallest absolute Gasteiger partial charge is 0.243 e. The zero-order valence-electron chi connectivity index (χ0n) is 15.7. The zero-order valence-corrected chi connectivity index (χ0v) is 15.7. The Kier molecular flexibility index (Phi) is 8.30. The molecule has 2 saturated heterocycles. The summed E-state index contributed by atoms with van der Waals surface area (Å²) in [5.41, 5.74) is 0. The van der Waals surface area contributed by atoms with Crippen molar-refractivity contribution in [2.75, 3.05) is 20.3 Å². The second-order valence-corrected chi connectivity index (χ2v) is 6.82. The fraction of sp³-hybridized carbons (Fsp3) is 0.824. The van der Waals surface area contributed by atoms with E-state index < -0.39 is 73.7 Å². The molecule has 162 valence electrons. The Labute approximate surface area is 162 Å². The number of amides is 1. The second-order valence-electron chi connectivity index (χ2n) is 6.82. The Bertz CT molecular complexity index is 532. The molecule has 2 rings (SSSR count). The highest BCUT2D eigenvalue weighted by molar-refractivity contribution is 5.86. The van der Waals surface area contributed by atoms with E-state index in [1.807, 2.05) is 0 Å². The van der Waals surface area contributed by atoms with Crippen molar-refractivity contribution in [2.45, 2.75) is 68.1 Å². The maximum Gasteiger partial charge on any atom is 0.243 e. The molecule has 28 heavy (non-hydrogen) atoms. The van der Waals surface area contributed by atoms with Gasteiger partial charge in [-0.2, -0.15) is 0 Å². The molecule has 0 aromatic rings. The Morgan fingerprint density at radius 2 is 1.71 bits per heavy atom. The normalized spacial score (nSPS) is 44.1. The van der Waals surface area contributed by atoms with E-state index >= 15 is 0 Å². The van der Waals surface area contributed by atoms with Crippen molar-refractivity contribution in [2.24, 2.45) is 0 Å². The number of methoxy groups -OCH3 is 1. The van der Waals surface area contributed by atoms with Crippen LogP contribution in [0.15, 0.2) is 12.7 Å². The standard InChI is InChI=1S/C17H29NO10/c1-4-10(20)18-5-8-15(25-3)13(23)14(24)17(27-8)28-16-9(6-19)26-7(2)11(21)12(16)22/h4,7-9,11-17,19,21-24H,1,5-6H2,2-3H3,(H,18,20). The largest absolute Gasteiger partial charge is 0.394 e. The van der Waals surface area contributed by atoms with Gasteiger partial charge >= 0.3 is 0 Å². The molecule has 0 aromatic carbocycles. The highest BCUT2D eigenvalue weighted by Crippen LogP contribution is 2.29. The Morgan fingerprint density at radius 3 is 2.29 bits per heavy atom. The number of nitrogens with one attached hydrogen (secondary N) is 1. The van der Waals surface area contributed by atoms with Gasteiger partial charge in [-0.25, -0.2) is 0 Å². The van der Waals surface area contributed by atoms with Crippen molar-refractivity contribution >= 4 is 5.91 Å². The van der Waals surface area contributed by atoms with Crippen LogP contribution < -0.4 is 5.32 Å². The SMILES string of the molecule is C=CC(=O)NCC1OC(OC2C(CO)OC(C)C(O)C2O)C(O)C(O)C1OC. The van der Waals surface area contributed by atoms with Gasteiger partial charge in [-0.05, 0) is 13.0 Å². The molecule has 0 spiro atoms. The molecule has 0 aromatic heterocycles. The van der Waals surface area contributed by atoms with Crippen LogP contribution in [0, 0.1) is 0 Å². The lowest BCUT2D eigenvalue weighted by molar-refractivity contribution is -0.339.